The van der Waals surface area contributed by atoms with E-state index < -0.39 is 5.91 Å². The lowest BCUT2D eigenvalue weighted by molar-refractivity contribution is -0.114. The number of rotatable bonds is 8. The second-order valence-corrected chi connectivity index (χ2v) is 10.2. The third kappa shape index (κ3) is 5.80. The van der Waals surface area contributed by atoms with Crippen molar-refractivity contribution in [3.63, 3.8) is 0 Å². The van der Waals surface area contributed by atoms with E-state index in [0.717, 1.165) is 11.1 Å². The first-order chi connectivity index (χ1) is 18.8. The van der Waals surface area contributed by atoms with Crippen molar-refractivity contribution in [3.8, 4) is 17.2 Å². The Bertz CT molecular complexity index is 1530. The number of methoxy groups -OCH3 is 1. The maximum absolute atomic E-state index is 12.8. The second-order valence-electron chi connectivity index (χ2n) is 8.45. The summed E-state index contributed by atoms with van der Waals surface area (Å²) in [5, 5.41) is 16.0. The zero-order valence-electron chi connectivity index (χ0n) is 20.9. The maximum Gasteiger partial charge on any atom is 0.283 e. The number of hydrogen-bond donors (Lipinski definition) is 1. The van der Waals surface area contributed by atoms with E-state index in [9.17, 15) is 4.79 Å². The molecule has 39 heavy (non-hydrogen) atoms. The standard InChI is InChI=1S/C28H22Cl2N4O4S/c1-16-7-9-18(10-8-16)27-33-34-25(31)19(26(35)32-28(34)39-27)13-17-14-20(29)24(21(30)15-17)38-12-11-37-23-6-4-3-5-22(23)36-2/h3-10,13-15,31H,11-12H2,1-2H3/b19-13-,31-25?. The molecule has 3 aromatic rings. The molecule has 1 N–H and O–H groups in total. The van der Waals surface area contributed by atoms with Crippen molar-refractivity contribution in [2.24, 2.45) is 10.1 Å². The molecule has 5 rings (SSSR count). The first-order valence-corrected chi connectivity index (χ1v) is 13.4. The lowest BCUT2D eigenvalue weighted by Crippen LogP contribution is -2.35. The highest BCUT2D eigenvalue weighted by molar-refractivity contribution is 8.27. The Balaban J connectivity index is 1.29. The number of benzene rings is 3. The molecule has 1 amide bonds. The van der Waals surface area contributed by atoms with Crippen molar-refractivity contribution in [2.75, 3.05) is 20.3 Å². The van der Waals surface area contributed by atoms with Crippen LogP contribution in [0.4, 0.5) is 0 Å². The molecule has 0 fully saturated rings. The van der Waals surface area contributed by atoms with Gasteiger partial charge in [0.15, 0.2) is 23.1 Å². The second kappa shape index (κ2) is 11.5. The Morgan fingerprint density at radius 1 is 1.00 bits per heavy atom. The summed E-state index contributed by atoms with van der Waals surface area (Å²) in [5.41, 5.74) is 2.60. The topological polar surface area (TPSA) is 96.6 Å². The highest BCUT2D eigenvalue weighted by Crippen LogP contribution is 2.36. The van der Waals surface area contributed by atoms with Crippen molar-refractivity contribution >= 4 is 63.0 Å². The molecule has 0 atom stereocenters. The number of hydrogen-bond acceptors (Lipinski definition) is 7. The van der Waals surface area contributed by atoms with Crippen LogP contribution in [0.1, 0.15) is 16.7 Å². The van der Waals surface area contributed by atoms with Gasteiger partial charge in [-0.1, -0.05) is 65.2 Å². The molecule has 2 aliphatic heterocycles. The van der Waals surface area contributed by atoms with E-state index in [1.54, 1.807) is 31.4 Å². The minimum atomic E-state index is -0.542. The van der Waals surface area contributed by atoms with Crippen LogP contribution < -0.4 is 14.2 Å². The first kappa shape index (κ1) is 26.8. The zero-order valence-corrected chi connectivity index (χ0v) is 23.2. The molecule has 0 radical (unpaired) electrons. The Kier molecular flexibility index (Phi) is 7.92. The average molecular weight is 581 g/mol. The molecule has 0 saturated heterocycles. The van der Waals surface area contributed by atoms with E-state index in [0.29, 0.717) is 27.3 Å². The molecule has 11 heteroatoms. The van der Waals surface area contributed by atoms with Crippen molar-refractivity contribution in [1.29, 1.82) is 5.41 Å². The quantitative estimate of drug-likeness (QED) is 0.243. The number of aliphatic imine (C=N–C) groups is 1. The van der Waals surface area contributed by atoms with Crippen LogP contribution in [-0.4, -0.2) is 47.3 Å². The van der Waals surface area contributed by atoms with Gasteiger partial charge < -0.3 is 14.2 Å². The van der Waals surface area contributed by atoms with E-state index in [1.165, 1.54) is 22.8 Å². The van der Waals surface area contributed by atoms with Crippen LogP contribution in [0.15, 0.2) is 76.3 Å². The molecule has 0 bridgehead atoms. The van der Waals surface area contributed by atoms with E-state index in [2.05, 4.69) is 10.1 Å². The van der Waals surface area contributed by atoms with Gasteiger partial charge in [-0.05, 0) is 54.6 Å². The van der Waals surface area contributed by atoms with Gasteiger partial charge in [-0.15, -0.1) is 0 Å². The molecular weight excluding hydrogens is 559 g/mol. The number of thioether (sulfide) groups is 1. The summed E-state index contributed by atoms with van der Waals surface area (Å²) in [4.78, 5) is 17.0. The fraction of sp³-hybridized carbons (Fsp3) is 0.143. The van der Waals surface area contributed by atoms with E-state index in [4.69, 9.17) is 42.8 Å². The largest absolute Gasteiger partial charge is 0.493 e. The summed E-state index contributed by atoms with van der Waals surface area (Å²) < 4.78 is 16.7. The van der Waals surface area contributed by atoms with Gasteiger partial charge in [0.25, 0.3) is 5.91 Å². The molecular formula is C28H22Cl2N4O4S. The first-order valence-electron chi connectivity index (χ1n) is 11.8. The molecule has 0 saturated carbocycles. The fourth-order valence-electron chi connectivity index (χ4n) is 3.81. The summed E-state index contributed by atoms with van der Waals surface area (Å²) in [6, 6.07) is 18.4. The molecule has 3 aromatic carbocycles. The van der Waals surface area contributed by atoms with Crippen molar-refractivity contribution < 1.29 is 19.0 Å². The Morgan fingerprint density at radius 3 is 2.36 bits per heavy atom. The normalized spacial score (nSPS) is 15.7. The van der Waals surface area contributed by atoms with Crippen LogP contribution in [0.25, 0.3) is 6.08 Å². The number of carbonyl (C=O) groups is 1. The smallest absolute Gasteiger partial charge is 0.283 e. The van der Waals surface area contributed by atoms with Gasteiger partial charge in [0.1, 0.15) is 18.3 Å². The van der Waals surface area contributed by atoms with E-state index in [1.807, 2.05) is 43.3 Å². The molecule has 0 spiro atoms. The minimum absolute atomic E-state index is 0.0688. The Morgan fingerprint density at radius 2 is 1.67 bits per heavy atom. The highest BCUT2D eigenvalue weighted by atomic mass is 35.5. The van der Waals surface area contributed by atoms with Gasteiger partial charge in [-0.3, -0.25) is 10.2 Å². The summed E-state index contributed by atoms with van der Waals surface area (Å²) in [6.45, 7) is 2.43. The van der Waals surface area contributed by atoms with Crippen molar-refractivity contribution in [3.05, 3.63) is 93.0 Å². The lowest BCUT2D eigenvalue weighted by Gasteiger charge is -2.20. The van der Waals surface area contributed by atoms with Crippen LogP contribution in [-0.2, 0) is 4.79 Å². The third-order valence-electron chi connectivity index (χ3n) is 5.74. The SMILES string of the molecule is COc1ccccc1OCCOc1c(Cl)cc(/C=C2/C(=N)N3N=C(c4ccc(C)cc4)SC3=NC2=O)cc1Cl. The minimum Gasteiger partial charge on any atom is -0.493 e. The van der Waals surface area contributed by atoms with Crippen LogP contribution in [0.3, 0.4) is 0 Å². The van der Waals surface area contributed by atoms with Gasteiger partial charge in [-0.25, -0.2) is 0 Å². The highest BCUT2D eigenvalue weighted by Gasteiger charge is 2.36. The summed E-state index contributed by atoms with van der Waals surface area (Å²) >= 11 is 14.2. The monoisotopic (exact) mass is 580 g/mol. The molecule has 8 nitrogen and oxygen atoms in total. The number of halogens is 2. The summed E-state index contributed by atoms with van der Waals surface area (Å²) in [5.74, 6) is 0.883. The van der Waals surface area contributed by atoms with Crippen LogP contribution in [0, 0.1) is 12.3 Å². The molecule has 198 valence electrons. The third-order valence-corrected chi connectivity index (χ3v) is 7.26. The lowest BCUT2D eigenvalue weighted by atomic mass is 10.1. The number of nitrogens with one attached hydrogen (secondary N) is 1. The number of hydrazone groups is 1. The van der Waals surface area contributed by atoms with Gasteiger partial charge in [-0.2, -0.15) is 15.1 Å². The number of amidine groups is 2. The zero-order chi connectivity index (χ0) is 27.5. The molecule has 0 unspecified atom stereocenters. The number of ether oxygens (including phenoxy) is 3. The molecule has 0 aromatic heterocycles. The molecule has 0 aliphatic carbocycles. The summed E-state index contributed by atoms with van der Waals surface area (Å²) in [7, 11) is 1.57. The number of para-hydroxylation sites is 2. The van der Waals surface area contributed by atoms with Gasteiger partial charge in [0.2, 0.25) is 5.17 Å². The molecule has 2 heterocycles. The van der Waals surface area contributed by atoms with Crippen LogP contribution >= 0.6 is 35.0 Å². The van der Waals surface area contributed by atoms with Gasteiger partial charge in [0.05, 0.1) is 22.7 Å². The predicted molar refractivity (Wildman–Crippen MR) is 156 cm³/mol. The van der Waals surface area contributed by atoms with Crippen molar-refractivity contribution in [2.45, 2.75) is 6.92 Å². The van der Waals surface area contributed by atoms with E-state index in [-0.39, 0.29) is 40.4 Å². The summed E-state index contributed by atoms with van der Waals surface area (Å²) in [6.07, 6.45) is 1.52. The predicted octanol–water partition coefficient (Wildman–Crippen LogP) is 6.44. The molecule has 2 aliphatic rings. The fourth-order valence-corrected chi connectivity index (χ4v) is 5.32. The number of nitrogens with zero attached hydrogens (tertiary/aromatic N) is 3. The van der Waals surface area contributed by atoms with Crippen molar-refractivity contribution in [1.82, 2.24) is 5.01 Å². The number of aryl methyl sites for hydroxylation is 1. The van der Waals surface area contributed by atoms with Gasteiger partial charge in [0, 0.05) is 5.56 Å². The Labute approximate surface area is 239 Å². The van der Waals surface area contributed by atoms with E-state index >= 15 is 0 Å². The van der Waals surface area contributed by atoms with Crippen LogP contribution in [0.2, 0.25) is 10.0 Å². The van der Waals surface area contributed by atoms with Crippen LogP contribution in [0.5, 0.6) is 17.2 Å². The van der Waals surface area contributed by atoms with Gasteiger partial charge >= 0.3 is 0 Å². The number of fused-ring (bicyclic) bond motifs is 1. The number of carbonyl (C=O) groups excluding carboxylic acids is 1. The average Bonchev–Trinajstić information content (AvgIpc) is 3.35. The Hall–Kier alpha value is -3.79. The maximum atomic E-state index is 12.8. The number of amides is 1.